The Balaban J connectivity index is 0.00000225. The van der Waals surface area contributed by atoms with Crippen molar-refractivity contribution in [2.75, 3.05) is 33.4 Å². The summed E-state index contributed by atoms with van der Waals surface area (Å²) >= 11 is 0. The largest absolute Gasteiger partial charge is 0.384 e. The molecule has 0 radical (unpaired) electrons. The second kappa shape index (κ2) is 9.18. The summed E-state index contributed by atoms with van der Waals surface area (Å²) in [7, 11) is 1.67. The lowest BCUT2D eigenvalue weighted by Gasteiger charge is -2.35. The van der Waals surface area contributed by atoms with Gasteiger partial charge >= 0.3 is 0 Å². The van der Waals surface area contributed by atoms with Crippen molar-refractivity contribution in [3.05, 3.63) is 48.0 Å². The molecule has 0 atom stereocenters. The Hall–Kier alpha value is -1.62. The summed E-state index contributed by atoms with van der Waals surface area (Å²) in [5, 5.41) is 8.94. The first-order valence-electron chi connectivity index (χ1n) is 8.69. The van der Waals surface area contributed by atoms with Crippen LogP contribution in [0.3, 0.4) is 0 Å². The zero-order chi connectivity index (χ0) is 16.8. The molecule has 1 amide bonds. The lowest BCUT2D eigenvalue weighted by Crippen LogP contribution is -2.50. The topological polar surface area (TPSA) is 50.4 Å². The van der Waals surface area contributed by atoms with Gasteiger partial charge in [-0.2, -0.15) is 0 Å². The minimum Gasteiger partial charge on any atom is -0.384 e. The molecule has 1 aliphatic rings. The first kappa shape index (κ1) is 19.7. The van der Waals surface area contributed by atoms with E-state index in [1.165, 1.54) is 16.3 Å². The van der Waals surface area contributed by atoms with Crippen molar-refractivity contribution in [3.63, 3.8) is 0 Å². The molecule has 0 bridgehead atoms. The third kappa shape index (κ3) is 4.72. The van der Waals surface area contributed by atoms with Crippen LogP contribution in [0.15, 0.2) is 42.5 Å². The fourth-order valence-electron chi connectivity index (χ4n) is 3.52. The van der Waals surface area contributed by atoms with Gasteiger partial charge in [-0.15, -0.1) is 12.4 Å². The van der Waals surface area contributed by atoms with E-state index in [-0.39, 0.29) is 23.7 Å². The highest BCUT2D eigenvalue weighted by Gasteiger charge is 2.39. The van der Waals surface area contributed by atoms with Gasteiger partial charge in [0.25, 0.3) is 0 Å². The first-order chi connectivity index (χ1) is 11.7. The van der Waals surface area contributed by atoms with Gasteiger partial charge in [-0.05, 0) is 48.7 Å². The molecular weight excluding hydrogens is 336 g/mol. The van der Waals surface area contributed by atoms with Crippen LogP contribution in [0, 0.1) is 5.41 Å². The smallest absolute Gasteiger partial charge is 0.228 e. The van der Waals surface area contributed by atoms with E-state index in [0.717, 1.165) is 32.4 Å². The Morgan fingerprint density at radius 2 is 1.88 bits per heavy atom. The molecule has 4 nitrogen and oxygen atoms in total. The molecule has 0 spiro atoms. The van der Waals surface area contributed by atoms with E-state index < -0.39 is 0 Å². The van der Waals surface area contributed by atoms with Crippen molar-refractivity contribution in [3.8, 4) is 0 Å². The van der Waals surface area contributed by atoms with Gasteiger partial charge in [0, 0.05) is 13.7 Å². The van der Waals surface area contributed by atoms with E-state index in [1.807, 2.05) is 0 Å². The zero-order valence-electron chi connectivity index (χ0n) is 14.7. The van der Waals surface area contributed by atoms with Gasteiger partial charge in [0.2, 0.25) is 5.91 Å². The summed E-state index contributed by atoms with van der Waals surface area (Å²) in [6, 6.07) is 14.8. The third-order valence-electron chi connectivity index (χ3n) is 4.98. The Bertz CT molecular complexity index is 693. The van der Waals surface area contributed by atoms with Crippen LogP contribution >= 0.6 is 12.4 Å². The number of carbonyl (C=O) groups is 1. The number of halogens is 1. The molecule has 25 heavy (non-hydrogen) atoms. The van der Waals surface area contributed by atoms with Gasteiger partial charge in [-0.25, -0.2) is 0 Å². The Kier molecular flexibility index (Phi) is 7.24. The molecule has 0 saturated carbocycles. The van der Waals surface area contributed by atoms with Crippen LogP contribution in [0.5, 0.6) is 0 Å². The minimum atomic E-state index is -0.372. The van der Waals surface area contributed by atoms with Gasteiger partial charge in [-0.3, -0.25) is 4.79 Å². The molecule has 1 heterocycles. The molecule has 0 aliphatic carbocycles. The molecule has 136 valence electrons. The molecule has 1 fully saturated rings. The normalized spacial score (nSPS) is 16.2. The number of piperidine rings is 1. The summed E-state index contributed by atoms with van der Waals surface area (Å²) in [6.07, 6.45) is 2.52. The van der Waals surface area contributed by atoms with E-state index >= 15 is 0 Å². The predicted molar refractivity (Wildman–Crippen MR) is 104 cm³/mol. The van der Waals surface area contributed by atoms with Gasteiger partial charge in [0.15, 0.2) is 0 Å². The van der Waals surface area contributed by atoms with E-state index in [9.17, 15) is 4.79 Å². The predicted octanol–water partition coefficient (Wildman–Crippen LogP) is 2.94. The standard InChI is InChI=1S/C20H26N2O2.ClH/c1-24-15-20(9-12-21-13-10-20)19(23)22-11-8-16-6-7-17-4-2-3-5-18(17)14-16;/h2-7,14,21H,8-13,15H2,1H3,(H,22,23);1H. The number of hydrogen-bond donors (Lipinski definition) is 2. The quantitative estimate of drug-likeness (QED) is 0.830. The molecule has 5 heteroatoms. The fraction of sp³-hybridized carbons (Fsp3) is 0.450. The maximum atomic E-state index is 12.7. The van der Waals surface area contributed by atoms with Crippen LogP contribution in [0.4, 0.5) is 0 Å². The van der Waals surface area contributed by atoms with Crippen molar-refractivity contribution in [1.29, 1.82) is 0 Å². The minimum absolute atomic E-state index is 0. The van der Waals surface area contributed by atoms with Crippen molar-refractivity contribution >= 4 is 29.1 Å². The van der Waals surface area contributed by atoms with Crippen molar-refractivity contribution in [2.45, 2.75) is 19.3 Å². The fourth-order valence-corrected chi connectivity index (χ4v) is 3.52. The van der Waals surface area contributed by atoms with Crippen molar-refractivity contribution in [2.24, 2.45) is 5.41 Å². The Morgan fingerprint density at radius 3 is 2.60 bits per heavy atom. The van der Waals surface area contributed by atoms with Crippen molar-refractivity contribution < 1.29 is 9.53 Å². The third-order valence-corrected chi connectivity index (χ3v) is 4.98. The maximum Gasteiger partial charge on any atom is 0.228 e. The van der Waals surface area contributed by atoms with E-state index in [2.05, 4.69) is 53.1 Å². The van der Waals surface area contributed by atoms with Gasteiger partial charge in [0.05, 0.1) is 12.0 Å². The van der Waals surface area contributed by atoms with Crippen LogP contribution in [-0.4, -0.2) is 39.3 Å². The average molecular weight is 363 g/mol. The number of ether oxygens (including phenoxy) is 1. The molecule has 2 N–H and O–H groups in total. The van der Waals surface area contributed by atoms with Gasteiger partial charge in [0.1, 0.15) is 0 Å². The molecular formula is C20H27ClN2O2. The van der Waals surface area contributed by atoms with Crippen molar-refractivity contribution in [1.82, 2.24) is 10.6 Å². The number of carbonyl (C=O) groups excluding carboxylic acids is 1. The lowest BCUT2D eigenvalue weighted by atomic mass is 9.78. The van der Waals surface area contributed by atoms with Crippen LogP contribution in [0.1, 0.15) is 18.4 Å². The van der Waals surface area contributed by atoms with Crippen LogP contribution in [-0.2, 0) is 16.0 Å². The zero-order valence-corrected chi connectivity index (χ0v) is 15.5. The first-order valence-corrected chi connectivity index (χ1v) is 8.69. The average Bonchev–Trinajstić information content (AvgIpc) is 2.62. The number of hydrogen-bond acceptors (Lipinski definition) is 3. The highest BCUT2D eigenvalue weighted by atomic mass is 35.5. The number of methoxy groups -OCH3 is 1. The Morgan fingerprint density at radius 1 is 1.16 bits per heavy atom. The van der Waals surface area contributed by atoms with E-state index in [0.29, 0.717) is 13.2 Å². The van der Waals surface area contributed by atoms with Gasteiger partial charge < -0.3 is 15.4 Å². The van der Waals surface area contributed by atoms with Crippen LogP contribution in [0.25, 0.3) is 10.8 Å². The lowest BCUT2D eigenvalue weighted by molar-refractivity contribution is -0.136. The van der Waals surface area contributed by atoms with E-state index in [4.69, 9.17) is 4.74 Å². The monoisotopic (exact) mass is 362 g/mol. The molecule has 1 aliphatic heterocycles. The van der Waals surface area contributed by atoms with Gasteiger partial charge in [-0.1, -0.05) is 42.5 Å². The number of nitrogens with one attached hydrogen (secondary N) is 2. The highest BCUT2D eigenvalue weighted by molar-refractivity contribution is 5.85. The number of rotatable bonds is 6. The number of benzene rings is 2. The summed E-state index contributed by atoms with van der Waals surface area (Å²) < 4.78 is 5.33. The van der Waals surface area contributed by atoms with E-state index in [1.54, 1.807) is 7.11 Å². The summed E-state index contributed by atoms with van der Waals surface area (Å²) in [6.45, 7) is 2.91. The summed E-state index contributed by atoms with van der Waals surface area (Å²) in [5.41, 5.74) is 0.878. The van der Waals surface area contributed by atoms with Crippen LogP contribution < -0.4 is 10.6 Å². The number of fused-ring (bicyclic) bond motifs is 1. The highest BCUT2D eigenvalue weighted by Crippen LogP contribution is 2.29. The second-order valence-electron chi connectivity index (χ2n) is 6.65. The molecule has 2 aromatic rings. The molecule has 0 unspecified atom stereocenters. The SMILES string of the molecule is COCC1(C(=O)NCCc2ccc3ccccc3c2)CCNCC1.Cl. The van der Waals surface area contributed by atoms with Crippen LogP contribution in [0.2, 0.25) is 0 Å². The molecule has 0 aromatic heterocycles. The molecule has 1 saturated heterocycles. The second-order valence-corrected chi connectivity index (χ2v) is 6.65. The maximum absolute atomic E-state index is 12.7. The Labute approximate surface area is 155 Å². The molecule has 3 rings (SSSR count). The number of amides is 1. The molecule has 2 aromatic carbocycles. The summed E-state index contributed by atoms with van der Waals surface area (Å²) in [4.78, 5) is 12.7. The summed E-state index contributed by atoms with van der Waals surface area (Å²) in [5.74, 6) is 0.131.